The van der Waals surface area contributed by atoms with Crippen molar-refractivity contribution in [1.29, 1.82) is 0 Å². The third-order valence-corrected chi connectivity index (χ3v) is 6.69. The first-order valence-corrected chi connectivity index (χ1v) is 11.7. The Morgan fingerprint density at radius 3 is 2.49 bits per heavy atom. The summed E-state index contributed by atoms with van der Waals surface area (Å²) in [4.78, 5) is 42.0. The minimum Gasteiger partial charge on any atom is -0.481 e. The van der Waals surface area contributed by atoms with Gasteiger partial charge in [-0.1, -0.05) is 55.2 Å². The SMILES string of the molecule is CC[C@@H](c1cccc2c1C(=O)NN(C(=O)c1c(Cl)cc(C(C=NC)=CN)cc1Cl)C2)[C@@H](C)C(=O)O. The molecule has 0 saturated heterocycles. The van der Waals surface area contributed by atoms with Crippen molar-refractivity contribution in [3.8, 4) is 0 Å². The van der Waals surface area contributed by atoms with Gasteiger partial charge in [-0.25, -0.2) is 5.01 Å². The molecule has 8 nitrogen and oxygen atoms in total. The lowest BCUT2D eigenvalue weighted by atomic mass is 9.81. The maximum absolute atomic E-state index is 13.3. The number of carbonyl (C=O) groups is 3. The summed E-state index contributed by atoms with van der Waals surface area (Å²) < 4.78 is 0. The zero-order valence-electron chi connectivity index (χ0n) is 19.5. The van der Waals surface area contributed by atoms with Crippen LogP contribution in [-0.2, 0) is 11.3 Å². The fourth-order valence-corrected chi connectivity index (χ4v) is 4.94. The largest absolute Gasteiger partial charge is 0.481 e. The van der Waals surface area contributed by atoms with E-state index in [1.54, 1.807) is 44.3 Å². The van der Waals surface area contributed by atoms with Gasteiger partial charge in [0.2, 0.25) is 0 Å². The third-order valence-electron chi connectivity index (χ3n) is 6.09. The molecule has 0 unspecified atom stereocenters. The van der Waals surface area contributed by atoms with E-state index >= 15 is 0 Å². The molecule has 0 aromatic heterocycles. The number of nitrogens with one attached hydrogen (secondary N) is 1. The van der Waals surface area contributed by atoms with Crippen LogP contribution in [0.2, 0.25) is 10.0 Å². The summed E-state index contributed by atoms with van der Waals surface area (Å²) >= 11 is 12.8. The van der Waals surface area contributed by atoms with Gasteiger partial charge in [0, 0.05) is 30.6 Å². The van der Waals surface area contributed by atoms with E-state index in [1.165, 1.54) is 12.4 Å². The Morgan fingerprint density at radius 1 is 1.29 bits per heavy atom. The van der Waals surface area contributed by atoms with Crippen molar-refractivity contribution in [3.05, 3.63) is 74.4 Å². The van der Waals surface area contributed by atoms with Gasteiger partial charge >= 0.3 is 5.97 Å². The molecule has 0 spiro atoms. The van der Waals surface area contributed by atoms with Gasteiger partial charge < -0.3 is 10.8 Å². The molecule has 0 aliphatic carbocycles. The topological polar surface area (TPSA) is 125 Å². The molecule has 4 N–H and O–H groups in total. The molecule has 0 bridgehead atoms. The zero-order valence-corrected chi connectivity index (χ0v) is 21.0. The molecule has 2 atom stereocenters. The molecule has 2 aromatic carbocycles. The van der Waals surface area contributed by atoms with Crippen LogP contribution in [0.4, 0.5) is 0 Å². The molecule has 10 heteroatoms. The van der Waals surface area contributed by atoms with Gasteiger partial charge in [-0.15, -0.1) is 0 Å². The van der Waals surface area contributed by atoms with Gasteiger partial charge in [0.25, 0.3) is 11.8 Å². The molecule has 1 aliphatic rings. The van der Waals surface area contributed by atoms with Crippen LogP contribution < -0.4 is 11.2 Å². The van der Waals surface area contributed by atoms with E-state index in [0.29, 0.717) is 34.2 Å². The number of aliphatic carboxylic acids is 1. The van der Waals surface area contributed by atoms with E-state index < -0.39 is 23.7 Å². The number of hydrogen-bond donors (Lipinski definition) is 3. The number of carboxylic acids is 1. The number of carboxylic acid groups (broad SMARTS) is 1. The lowest BCUT2D eigenvalue weighted by Gasteiger charge is -2.32. The van der Waals surface area contributed by atoms with Gasteiger partial charge in [0.15, 0.2) is 0 Å². The molecule has 3 rings (SSSR count). The Morgan fingerprint density at radius 2 is 1.94 bits per heavy atom. The van der Waals surface area contributed by atoms with Gasteiger partial charge in [0.1, 0.15) is 0 Å². The lowest BCUT2D eigenvalue weighted by Crippen LogP contribution is -2.50. The van der Waals surface area contributed by atoms with Crippen molar-refractivity contribution in [2.75, 3.05) is 7.05 Å². The Balaban J connectivity index is 1.97. The second-order valence-electron chi connectivity index (χ2n) is 8.18. The number of allylic oxidation sites excluding steroid dienone is 1. The number of amides is 2. The Kier molecular flexibility index (Phi) is 8.19. The summed E-state index contributed by atoms with van der Waals surface area (Å²) in [6.45, 7) is 3.57. The van der Waals surface area contributed by atoms with Crippen LogP contribution in [0.5, 0.6) is 0 Å². The van der Waals surface area contributed by atoms with Crippen LogP contribution >= 0.6 is 23.2 Å². The number of fused-ring (bicyclic) bond motifs is 1. The summed E-state index contributed by atoms with van der Waals surface area (Å²) in [5.74, 6) is -3.05. The number of halogens is 2. The minimum absolute atomic E-state index is 0.0349. The smallest absolute Gasteiger partial charge is 0.306 e. The number of benzene rings is 2. The monoisotopic (exact) mass is 516 g/mol. The van der Waals surface area contributed by atoms with Crippen molar-refractivity contribution in [2.24, 2.45) is 16.6 Å². The minimum atomic E-state index is -0.937. The van der Waals surface area contributed by atoms with E-state index in [-0.39, 0.29) is 28.1 Å². The van der Waals surface area contributed by atoms with Crippen molar-refractivity contribution in [3.63, 3.8) is 0 Å². The van der Waals surface area contributed by atoms with Gasteiger partial charge in [-0.05, 0) is 41.2 Å². The van der Waals surface area contributed by atoms with Crippen LogP contribution in [-0.4, -0.2) is 41.2 Å². The number of rotatable bonds is 7. The van der Waals surface area contributed by atoms with E-state index in [9.17, 15) is 19.5 Å². The molecule has 1 aliphatic heterocycles. The number of aliphatic imine (C=N–C) groups is 1. The third kappa shape index (κ3) is 5.18. The molecule has 2 aromatic rings. The number of hydrazine groups is 1. The molecular weight excluding hydrogens is 491 g/mol. The number of carbonyl (C=O) groups excluding carboxylic acids is 2. The highest BCUT2D eigenvalue weighted by atomic mass is 35.5. The van der Waals surface area contributed by atoms with Crippen LogP contribution in [0.25, 0.3) is 5.57 Å². The van der Waals surface area contributed by atoms with E-state index in [1.807, 2.05) is 6.92 Å². The first kappa shape index (κ1) is 26.2. The maximum atomic E-state index is 13.3. The van der Waals surface area contributed by atoms with Gasteiger partial charge in [-0.2, -0.15) is 0 Å². The second kappa shape index (κ2) is 10.9. The molecule has 0 radical (unpaired) electrons. The fourth-order valence-electron chi connectivity index (χ4n) is 4.30. The molecule has 2 amide bonds. The lowest BCUT2D eigenvalue weighted by molar-refractivity contribution is -0.141. The molecule has 0 fully saturated rings. The quantitative estimate of drug-likeness (QED) is 0.466. The predicted octanol–water partition coefficient (Wildman–Crippen LogP) is 4.51. The second-order valence-corrected chi connectivity index (χ2v) is 8.99. The van der Waals surface area contributed by atoms with Crippen LogP contribution in [0.3, 0.4) is 0 Å². The summed E-state index contributed by atoms with van der Waals surface area (Å²) in [7, 11) is 1.60. The van der Waals surface area contributed by atoms with Gasteiger partial charge in [0.05, 0.1) is 28.1 Å². The number of nitrogens with two attached hydrogens (primary N) is 1. The normalized spacial score (nSPS) is 15.5. The first-order chi connectivity index (χ1) is 16.6. The van der Waals surface area contributed by atoms with E-state index in [4.69, 9.17) is 28.9 Å². The summed E-state index contributed by atoms with van der Waals surface area (Å²) in [5.41, 5.74) is 11.1. The molecular formula is C25H26Cl2N4O4. The molecule has 184 valence electrons. The van der Waals surface area contributed by atoms with Crippen LogP contribution in [0.1, 0.15) is 63.6 Å². The maximum Gasteiger partial charge on any atom is 0.306 e. The average Bonchev–Trinajstić information content (AvgIpc) is 2.82. The predicted molar refractivity (Wildman–Crippen MR) is 137 cm³/mol. The Labute approximate surface area is 213 Å². The van der Waals surface area contributed by atoms with Crippen LogP contribution in [0.15, 0.2) is 41.5 Å². The summed E-state index contributed by atoms with van der Waals surface area (Å²) in [6, 6.07) is 8.37. The summed E-state index contributed by atoms with van der Waals surface area (Å²) in [5, 5.41) is 10.8. The highest BCUT2D eigenvalue weighted by Gasteiger charge is 2.34. The Bertz CT molecular complexity index is 1220. The van der Waals surface area contributed by atoms with Gasteiger partial charge in [-0.3, -0.25) is 24.8 Å². The standard InChI is InChI=1S/C25H26Cl2N4O4/c1-4-17(13(2)25(34)35)18-7-5-6-14-12-31(30-23(32)21(14)18)24(33)22-19(26)8-15(9-20(22)27)16(10-28)11-29-3/h5-11,13,17H,4,12,28H2,1-3H3,(H,30,32)(H,34,35)/t13-,17-/m1/s1. The number of nitrogens with zero attached hydrogens (tertiary/aromatic N) is 2. The van der Waals surface area contributed by atoms with Crippen LogP contribution in [0, 0.1) is 5.92 Å². The highest BCUT2D eigenvalue weighted by Crippen LogP contribution is 2.35. The molecule has 0 saturated carbocycles. The fraction of sp³-hybridized carbons (Fsp3) is 0.280. The van der Waals surface area contributed by atoms with Crippen molar-refractivity contribution >= 4 is 52.8 Å². The van der Waals surface area contributed by atoms with E-state index in [0.717, 1.165) is 5.01 Å². The first-order valence-electron chi connectivity index (χ1n) is 10.9. The molecule has 35 heavy (non-hydrogen) atoms. The number of hydrogen-bond acceptors (Lipinski definition) is 5. The van der Waals surface area contributed by atoms with Crippen molar-refractivity contribution in [2.45, 2.75) is 32.7 Å². The van der Waals surface area contributed by atoms with E-state index in [2.05, 4.69) is 10.4 Å². The molecule has 1 heterocycles. The summed E-state index contributed by atoms with van der Waals surface area (Å²) in [6.07, 6.45) is 3.43. The average molecular weight is 517 g/mol. The highest BCUT2D eigenvalue weighted by molar-refractivity contribution is 6.40. The Hall–Kier alpha value is -3.36. The van der Waals surface area contributed by atoms with Crippen molar-refractivity contribution in [1.82, 2.24) is 10.4 Å². The zero-order chi connectivity index (χ0) is 25.9. The van der Waals surface area contributed by atoms with Crippen molar-refractivity contribution < 1.29 is 19.5 Å².